The van der Waals surface area contributed by atoms with Gasteiger partial charge in [-0.3, -0.25) is 4.98 Å². The predicted molar refractivity (Wildman–Crippen MR) is 115 cm³/mol. The van der Waals surface area contributed by atoms with Crippen molar-refractivity contribution in [3.63, 3.8) is 0 Å². The van der Waals surface area contributed by atoms with Crippen molar-refractivity contribution in [1.82, 2.24) is 4.98 Å². The molecule has 3 rings (SSSR count). The first-order valence-electron chi connectivity index (χ1n) is 9.64. The van der Waals surface area contributed by atoms with E-state index < -0.39 is 40.2 Å². The maximum absolute atomic E-state index is 14.2. The topological polar surface area (TPSA) is 65.5 Å². The number of halogens is 5. The summed E-state index contributed by atoms with van der Waals surface area (Å²) >= 11 is 5.78. The van der Waals surface area contributed by atoms with Gasteiger partial charge in [-0.15, -0.1) is 0 Å². The largest absolute Gasteiger partial charge is 0.457 e. The summed E-state index contributed by atoms with van der Waals surface area (Å²) in [6, 6.07) is 9.97. The van der Waals surface area contributed by atoms with Crippen molar-refractivity contribution in [3.05, 3.63) is 101 Å². The van der Waals surface area contributed by atoms with Gasteiger partial charge in [-0.05, 0) is 41.5 Å². The normalized spacial score (nSPS) is 12.0. The number of aromatic nitrogens is 1. The Morgan fingerprint density at radius 2 is 1.94 bits per heavy atom. The molecule has 1 unspecified atom stereocenters. The Morgan fingerprint density at radius 3 is 2.56 bits per heavy atom. The van der Waals surface area contributed by atoms with Crippen LogP contribution < -0.4 is 4.74 Å². The lowest BCUT2D eigenvalue weighted by Gasteiger charge is -2.14. The number of alkyl halides is 3. The standard InChI is InChI=1S/C24H16ClF4NO4/c1-14(19(12-31)16-5-3-7-30-11-16)23(32)33-13-15-4-2-6-18(8-15)34-22-20(25)9-17(10-21(22)26)24(27,28)29/h2-12,19H,1,13H2. The van der Waals surface area contributed by atoms with E-state index in [-0.39, 0.29) is 24.0 Å². The number of ether oxygens (including phenoxy) is 2. The molecule has 3 aromatic rings. The van der Waals surface area contributed by atoms with Crippen LogP contribution in [0.3, 0.4) is 0 Å². The number of pyridine rings is 1. The summed E-state index contributed by atoms with van der Waals surface area (Å²) in [5.74, 6) is -3.57. The highest BCUT2D eigenvalue weighted by molar-refractivity contribution is 6.32. The molecule has 0 bridgehead atoms. The van der Waals surface area contributed by atoms with Gasteiger partial charge in [0.25, 0.3) is 0 Å². The van der Waals surface area contributed by atoms with E-state index >= 15 is 0 Å². The fourth-order valence-corrected chi connectivity index (χ4v) is 3.17. The second-order valence-corrected chi connectivity index (χ2v) is 7.42. The van der Waals surface area contributed by atoms with Crippen LogP contribution in [0.25, 0.3) is 0 Å². The molecule has 1 aromatic heterocycles. The van der Waals surface area contributed by atoms with Gasteiger partial charge in [0.1, 0.15) is 18.6 Å². The van der Waals surface area contributed by atoms with E-state index in [9.17, 15) is 27.2 Å². The number of aldehydes is 1. The van der Waals surface area contributed by atoms with Gasteiger partial charge in [0.15, 0.2) is 11.6 Å². The lowest BCUT2D eigenvalue weighted by Crippen LogP contribution is -2.15. The molecule has 10 heteroatoms. The molecule has 0 radical (unpaired) electrons. The highest BCUT2D eigenvalue weighted by Crippen LogP contribution is 2.38. The molecule has 0 aliphatic rings. The quantitative estimate of drug-likeness (QED) is 0.160. The Hall–Kier alpha value is -3.72. The van der Waals surface area contributed by atoms with E-state index in [2.05, 4.69) is 11.6 Å². The van der Waals surface area contributed by atoms with Crippen LogP contribution in [0.15, 0.2) is 73.1 Å². The molecule has 0 saturated heterocycles. The zero-order chi connectivity index (χ0) is 24.9. The minimum atomic E-state index is -4.77. The summed E-state index contributed by atoms with van der Waals surface area (Å²) in [6.07, 6.45) is -1.26. The van der Waals surface area contributed by atoms with Gasteiger partial charge in [-0.25, -0.2) is 9.18 Å². The SMILES string of the molecule is C=C(C(=O)OCc1cccc(Oc2c(F)cc(C(F)(F)F)cc2Cl)c1)C(C=O)c1cccnc1. The molecule has 5 nitrogen and oxygen atoms in total. The third kappa shape index (κ3) is 5.99. The first kappa shape index (κ1) is 24.9. The number of hydrogen-bond acceptors (Lipinski definition) is 5. The summed E-state index contributed by atoms with van der Waals surface area (Å²) in [4.78, 5) is 27.7. The highest BCUT2D eigenvalue weighted by Gasteiger charge is 2.32. The van der Waals surface area contributed by atoms with Crippen molar-refractivity contribution in [3.8, 4) is 11.5 Å². The molecule has 1 atom stereocenters. The third-order valence-electron chi connectivity index (χ3n) is 4.63. The number of rotatable bonds is 8. The summed E-state index contributed by atoms with van der Waals surface area (Å²) in [5.41, 5.74) is -0.436. The average molecular weight is 494 g/mol. The summed E-state index contributed by atoms with van der Waals surface area (Å²) in [6.45, 7) is 3.40. The molecular weight excluding hydrogens is 478 g/mol. The fourth-order valence-electron chi connectivity index (χ4n) is 2.93. The molecule has 0 saturated carbocycles. The zero-order valence-electron chi connectivity index (χ0n) is 17.3. The van der Waals surface area contributed by atoms with Crippen molar-refractivity contribution in [2.45, 2.75) is 18.7 Å². The van der Waals surface area contributed by atoms with Crippen molar-refractivity contribution >= 4 is 23.9 Å². The number of carbonyl (C=O) groups is 2. The van der Waals surface area contributed by atoms with Crippen LogP contribution in [0, 0.1) is 5.82 Å². The molecule has 0 amide bonds. The Bertz CT molecular complexity index is 1190. The van der Waals surface area contributed by atoms with Crippen molar-refractivity contribution in [2.75, 3.05) is 0 Å². The fraction of sp³-hybridized carbons (Fsp3) is 0.125. The average Bonchev–Trinajstić information content (AvgIpc) is 2.80. The number of benzene rings is 2. The maximum Gasteiger partial charge on any atom is 0.416 e. The van der Waals surface area contributed by atoms with Crippen molar-refractivity contribution < 1.29 is 36.6 Å². The van der Waals surface area contributed by atoms with Crippen LogP contribution >= 0.6 is 11.6 Å². The molecule has 0 fully saturated rings. The summed E-state index contributed by atoms with van der Waals surface area (Å²) < 4.78 is 63.1. The van der Waals surface area contributed by atoms with Crippen LogP contribution in [-0.2, 0) is 27.1 Å². The minimum Gasteiger partial charge on any atom is -0.457 e. The molecule has 176 valence electrons. The monoisotopic (exact) mass is 493 g/mol. The third-order valence-corrected chi connectivity index (χ3v) is 4.91. The molecule has 2 aromatic carbocycles. The first-order valence-corrected chi connectivity index (χ1v) is 10.0. The van der Waals surface area contributed by atoms with Gasteiger partial charge < -0.3 is 14.3 Å². The first-order chi connectivity index (χ1) is 16.1. The number of esters is 1. The zero-order valence-corrected chi connectivity index (χ0v) is 18.1. The van der Waals surface area contributed by atoms with E-state index in [4.69, 9.17) is 21.1 Å². The van der Waals surface area contributed by atoms with E-state index in [1.807, 2.05) is 0 Å². The van der Waals surface area contributed by atoms with E-state index in [0.717, 1.165) is 0 Å². The molecule has 34 heavy (non-hydrogen) atoms. The van der Waals surface area contributed by atoms with Gasteiger partial charge in [0.05, 0.1) is 16.5 Å². The molecule has 0 N–H and O–H groups in total. The second kappa shape index (κ2) is 10.5. The van der Waals surface area contributed by atoms with Gasteiger partial charge in [0.2, 0.25) is 0 Å². The van der Waals surface area contributed by atoms with Crippen molar-refractivity contribution in [1.29, 1.82) is 0 Å². The molecule has 1 heterocycles. The Morgan fingerprint density at radius 1 is 1.18 bits per heavy atom. The number of hydrogen-bond donors (Lipinski definition) is 0. The smallest absolute Gasteiger partial charge is 0.416 e. The van der Waals surface area contributed by atoms with Gasteiger partial charge >= 0.3 is 12.1 Å². The Balaban J connectivity index is 1.69. The minimum absolute atomic E-state index is 0.0501. The van der Waals surface area contributed by atoms with Crippen LogP contribution in [0.5, 0.6) is 11.5 Å². The molecule has 0 aliphatic carbocycles. The molecule has 0 spiro atoms. The Kier molecular flexibility index (Phi) is 7.68. The van der Waals surface area contributed by atoms with Crippen molar-refractivity contribution in [2.24, 2.45) is 0 Å². The second-order valence-electron chi connectivity index (χ2n) is 7.02. The van der Waals surface area contributed by atoms with Crippen LogP contribution in [0.1, 0.15) is 22.6 Å². The van der Waals surface area contributed by atoms with Gasteiger partial charge in [0, 0.05) is 18.0 Å². The van der Waals surface area contributed by atoms with E-state index in [0.29, 0.717) is 23.5 Å². The van der Waals surface area contributed by atoms with Crippen LogP contribution in [0.2, 0.25) is 5.02 Å². The van der Waals surface area contributed by atoms with E-state index in [1.165, 1.54) is 30.6 Å². The highest BCUT2D eigenvalue weighted by atomic mass is 35.5. The number of carbonyl (C=O) groups excluding carboxylic acids is 2. The summed E-state index contributed by atoms with van der Waals surface area (Å²) in [7, 11) is 0. The maximum atomic E-state index is 14.2. The van der Waals surface area contributed by atoms with E-state index in [1.54, 1.807) is 18.2 Å². The number of nitrogens with zero attached hydrogens (tertiary/aromatic N) is 1. The van der Waals surface area contributed by atoms with Gasteiger partial charge in [-0.1, -0.05) is 36.4 Å². The van der Waals surface area contributed by atoms with Gasteiger partial charge in [-0.2, -0.15) is 13.2 Å². The predicted octanol–water partition coefficient (Wildman–Crippen LogP) is 6.27. The summed E-state index contributed by atoms with van der Waals surface area (Å²) in [5, 5.41) is -0.559. The lowest BCUT2D eigenvalue weighted by atomic mass is 9.95. The van der Waals surface area contributed by atoms with Crippen LogP contribution in [-0.4, -0.2) is 17.2 Å². The molecule has 0 aliphatic heterocycles. The lowest BCUT2D eigenvalue weighted by molar-refractivity contribution is -0.141. The Labute approximate surface area is 196 Å². The van der Waals surface area contributed by atoms with Crippen LogP contribution in [0.4, 0.5) is 17.6 Å². The molecular formula is C24H16ClF4NO4.